The molecule has 0 aromatic rings. The predicted octanol–water partition coefficient (Wildman–Crippen LogP) is 3.04. The molecule has 0 N–H and O–H groups in total. The Bertz CT molecular complexity index is 116. The Balaban J connectivity index is 3.92. The van der Waals surface area contributed by atoms with Crippen LogP contribution in [0.25, 0.3) is 0 Å². The zero-order chi connectivity index (χ0) is 8.85. The van der Waals surface area contributed by atoms with Crippen molar-refractivity contribution in [3.8, 4) is 0 Å². The Morgan fingerprint density at radius 2 is 1.82 bits per heavy atom. The van der Waals surface area contributed by atoms with Gasteiger partial charge in [-0.1, -0.05) is 34.1 Å². The quantitative estimate of drug-likeness (QED) is 0.598. The van der Waals surface area contributed by atoms with Crippen LogP contribution in [0.4, 0.5) is 0 Å². The van der Waals surface area contributed by atoms with Gasteiger partial charge in [-0.15, -0.1) is 0 Å². The van der Waals surface area contributed by atoms with Gasteiger partial charge in [0.15, 0.2) is 0 Å². The number of hydrogen-bond donors (Lipinski definition) is 0. The Labute approximate surface area is 70.2 Å². The first-order valence-corrected chi connectivity index (χ1v) is 4.67. The van der Waals surface area contributed by atoms with Crippen LogP contribution in [0.2, 0.25) is 0 Å². The van der Waals surface area contributed by atoms with Gasteiger partial charge in [-0.3, -0.25) is 4.79 Å². The van der Waals surface area contributed by atoms with Crippen molar-refractivity contribution in [1.82, 2.24) is 0 Å². The lowest BCUT2D eigenvalue weighted by Gasteiger charge is -2.14. The molecule has 0 aliphatic carbocycles. The third-order valence-corrected chi connectivity index (χ3v) is 2.10. The van der Waals surface area contributed by atoms with Crippen LogP contribution in [0.3, 0.4) is 0 Å². The molecule has 66 valence electrons. The van der Waals surface area contributed by atoms with E-state index in [-0.39, 0.29) is 5.92 Å². The van der Waals surface area contributed by atoms with E-state index in [0.29, 0.717) is 11.7 Å². The molecule has 1 atom stereocenters. The Morgan fingerprint density at radius 1 is 1.27 bits per heavy atom. The molecule has 0 saturated heterocycles. The second-order valence-corrected chi connectivity index (χ2v) is 3.45. The van der Waals surface area contributed by atoms with Gasteiger partial charge < -0.3 is 0 Å². The van der Waals surface area contributed by atoms with Gasteiger partial charge in [-0.25, -0.2) is 0 Å². The maximum atomic E-state index is 11.5. The van der Waals surface area contributed by atoms with E-state index in [2.05, 4.69) is 13.8 Å². The van der Waals surface area contributed by atoms with Crippen LogP contribution in [0.1, 0.15) is 47.0 Å². The molecule has 0 radical (unpaired) electrons. The smallest absolute Gasteiger partial charge is 0.138 e. The maximum absolute atomic E-state index is 11.5. The Morgan fingerprint density at radius 3 is 2.09 bits per heavy atom. The summed E-state index contributed by atoms with van der Waals surface area (Å²) in [6.07, 6.45) is 3.19. The molecule has 0 aromatic heterocycles. The monoisotopic (exact) mass is 156 g/mol. The van der Waals surface area contributed by atoms with Gasteiger partial charge in [0, 0.05) is 11.8 Å². The molecule has 0 heterocycles. The van der Waals surface area contributed by atoms with Crippen molar-refractivity contribution >= 4 is 5.78 Å². The van der Waals surface area contributed by atoms with Crippen LogP contribution in [-0.2, 0) is 4.79 Å². The van der Waals surface area contributed by atoms with Gasteiger partial charge >= 0.3 is 0 Å². The first-order chi connectivity index (χ1) is 5.13. The van der Waals surface area contributed by atoms with E-state index < -0.39 is 0 Å². The first kappa shape index (κ1) is 10.7. The van der Waals surface area contributed by atoms with Crippen LogP contribution in [0.15, 0.2) is 0 Å². The molecule has 1 heteroatoms. The summed E-state index contributed by atoms with van der Waals surface area (Å²) < 4.78 is 0. The standard InChI is InChI=1S/C10H20O/c1-5-7-9(6-2)10(11)8(3)4/h8-9H,5-7H2,1-4H3/t9-/m1/s1. The molecule has 0 amide bonds. The van der Waals surface area contributed by atoms with Crippen LogP contribution < -0.4 is 0 Å². The number of hydrogen-bond acceptors (Lipinski definition) is 1. The number of ketones is 1. The average Bonchev–Trinajstić information content (AvgIpc) is 1.98. The molecule has 1 nitrogen and oxygen atoms in total. The van der Waals surface area contributed by atoms with Gasteiger partial charge in [0.25, 0.3) is 0 Å². The lowest BCUT2D eigenvalue weighted by atomic mass is 9.90. The van der Waals surface area contributed by atoms with Crippen LogP contribution in [0, 0.1) is 11.8 Å². The van der Waals surface area contributed by atoms with Gasteiger partial charge in [-0.05, 0) is 12.8 Å². The van der Waals surface area contributed by atoms with Gasteiger partial charge in [-0.2, -0.15) is 0 Å². The van der Waals surface area contributed by atoms with Crippen LogP contribution in [0.5, 0.6) is 0 Å². The summed E-state index contributed by atoms with van der Waals surface area (Å²) in [5, 5.41) is 0. The van der Waals surface area contributed by atoms with E-state index in [1.807, 2.05) is 13.8 Å². The normalized spacial score (nSPS) is 13.5. The molecule has 0 saturated carbocycles. The van der Waals surface area contributed by atoms with E-state index in [0.717, 1.165) is 19.3 Å². The van der Waals surface area contributed by atoms with Crippen molar-refractivity contribution in [2.75, 3.05) is 0 Å². The fourth-order valence-corrected chi connectivity index (χ4v) is 1.37. The average molecular weight is 156 g/mol. The Hall–Kier alpha value is -0.330. The van der Waals surface area contributed by atoms with E-state index in [1.165, 1.54) is 0 Å². The zero-order valence-corrected chi connectivity index (χ0v) is 8.18. The molecule has 11 heavy (non-hydrogen) atoms. The molecule has 0 unspecified atom stereocenters. The van der Waals surface area contributed by atoms with E-state index >= 15 is 0 Å². The van der Waals surface area contributed by atoms with Crippen molar-refractivity contribution in [3.05, 3.63) is 0 Å². The minimum atomic E-state index is 0.214. The van der Waals surface area contributed by atoms with E-state index in [1.54, 1.807) is 0 Å². The highest BCUT2D eigenvalue weighted by atomic mass is 16.1. The second kappa shape index (κ2) is 5.34. The largest absolute Gasteiger partial charge is 0.299 e. The van der Waals surface area contributed by atoms with Gasteiger partial charge in [0.05, 0.1) is 0 Å². The third kappa shape index (κ3) is 3.54. The van der Waals surface area contributed by atoms with Crippen molar-refractivity contribution in [3.63, 3.8) is 0 Å². The Kier molecular flexibility index (Phi) is 5.18. The minimum Gasteiger partial charge on any atom is -0.299 e. The molecular weight excluding hydrogens is 136 g/mol. The summed E-state index contributed by atoms with van der Waals surface area (Å²) >= 11 is 0. The highest BCUT2D eigenvalue weighted by Crippen LogP contribution is 2.16. The molecule has 0 aliphatic heterocycles. The lowest BCUT2D eigenvalue weighted by molar-refractivity contribution is -0.126. The third-order valence-electron chi connectivity index (χ3n) is 2.10. The first-order valence-electron chi connectivity index (χ1n) is 4.67. The SMILES string of the molecule is CCC[C@@H](CC)C(=O)C(C)C. The summed E-state index contributed by atoms with van der Waals surface area (Å²) in [6.45, 7) is 8.21. The van der Waals surface area contributed by atoms with Crippen molar-refractivity contribution < 1.29 is 4.79 Å². The zero-order valence-electron chi connectivity index (χ0n) is 8.18. The van der Waals surface area contributed by atoms with Crippen LogP contribution >= 0.6 is 0 Å². The minimum absolute atomic E-state index is 0.214. The summed E-state index contributed by atoms with van der Waals surface area (Å²) in [5.74, 6) is 0.973. The van der Waals surface area contributed by atoms with E-state index in [4.69, 9.17) is 0 Å². The van der Waals surface area contributed by atoms with Crippen molar-refractivity contribution in [2.24, 2.45) is 11.8 Å². The van der Waals surface area contributed by atoms with Crippen molar-refractivity contribution in [2.45, 2.75) is 47.0 Å². The maximum Gasteiger partial charge on any atom is 0.138 e. The number of Topliss-reactive ketones (excluding diaryl/α,β-unsaturated/α-hetero) is 1. The molecule has 0 fully saturated rings. The molecule has 0 bridgehead atoms. The number of carbonyl (C=O) groups excluding carboxylic acids is 1. The molecule has 0 spiro atoms. The molecule has 0 aromatic carbocycles. The second-order valence-electron chi connectivity index (χ2n) is 3.45. The predicted molar refractivity (Wildman–Crippen MR) is 48.5 cm³/mol. The molecular formula is C10H20O. The van der Waals surface area contributed by atoms with Gasteiger partial charge in [0.1, 0.15) is 5.78 Å². The topological polar surface area (TPSA) is 17.1 Å². The molecule has 0 aliphatic rings. The summed E-state index contributed by atoms with van der Waals surface area (Å²) in [5.41, 5.74) is 0. The summed E-state index contributed by atoms with van der Waals surface area (Å²) in [6, 6.07) is 0. The fraction of sp³-hybridized carbons (Fsp3) is 0.900. The van der Waals surface area contributed by atoms with Crippen LogP contribution in [-0.4, -0.2) is 5.78 Å². The number of carbonyl (C=O) groups is 1. The van der Waals surface area contributed by atoms with Gasteiger partial charge in [0.2, 0.25) is 0 Å². The highest BCUT2D eigenvalue weighted by Gasteiger charge is 2.17. The number of rotatable bonds is 5. The summed E-state index contributed by atoms with van der Waals surface area (Å²) in [4.78, 5) is 11.5. The molecule has 0 rings (SSSR count). The summed E-state index contributed by atoms with van der Waals surface area (Å²) in [7, 11) is 0. The van der Waals surface area contributed by atoms with E-state index in [9.17, 15) is 4.79 Å². The highest BCUT2D eigenvalue weighted by molar-refractivity contribution is 5.82. The fourth-order valence-electron chi connectivity index (χ4n) is 1.37. The lowest BCUT2D eigenvalue weighted by Crippen LogP contribution is -2.18. The van der Waals surface area contributed by atoms with Crippen molar-refractivity contribution in [1.29, 1.82) is 0 Å².